The van der Waals surface area contributed by atoms with E-state index in [0.717, 1.165) is 6.42 Å². The SMILES string of the molecule is CCc1ccccc1CNC(=NC)NCCNC(=O)c1ccco1. The van der Waals surface area contributed by atoms with Gasteiger partial charge >= 0.3 is 0 Å². The molecule has 0 aliphatic rings. The van der Waals surface area contributed by atoms with Gasteiger partial charge in [-0.1, -0.05) is 31.2 Å². The zero-order chi connectivity index (χ0) is 17.2. The zero-order valence-electron chi connectivity index (χ0n) is 14.1. The molecule has 0 fully saturated rings. The largest absolute Gasteiger partial charge is 0.459 e. The van der Waals surface area contributed by atoms with Crippen molar-refractivity contribution in [1.29, 1.82) is 0 Å². The molecule has 1 aromatic heterocycles. The van der Waals surface area contributed by atoms with E-state index in [1.165, 1.54) is 17.4 Å². The summed E-state index contributed by atoms with van der Waals surface area (Å²) in [7, 11) is 1.72. The summed E-state index contributed by atoms with van der Waals surface area (Å²) < 4.78 is 5.04. The number of nitrogens with one attached hydrogen (secondary N) is 3. The summed E-state index contributed by atoms with van der Waals surface area (Å²) in [5, 5.41) is 9.23. The van der Waals surface area contributed by atoms with Crippen LogP contribution in [0.3, 0.4) is 0 Å². The van der Waals surface area contributed by atoms with Gasteiger partial charge in [-0.2, -0.15) is 0 Å². The van der Waals surface area contributed by atoms with E-state index in [4.69, 9.17) is 4.42 Å². The first-order chi connectivity index (χ1) is 11.7. The number of benzene rings is 1. The van der Waals surface area contributed by atoms with Gasteiger partial charge in [0, 0.05) is 26.7 Å². The van der Waals surface area contributed by atoms with Crippen LogP contribution in [0.1, 0.15) is 28.6 Å². The Kier molecular flexibility index (Phi) is 6.89. The van der Waals surface area contributed by atoms with Crippen LogP contribution in [0, 0.1) is 0 Å². The first kappa shape index (κ1) is 17.6. The van der Waals surface area contributed by atoms with Crippen molar-refractivity contribution >= 4 is 11.9 Å². The van der Waals surface area contributed by atoms with E-state index in [1.54, 1.807) is 19.2 Å². The van der Waals surface area contributed by atoms with E-state index in [0.29, 0.717) is 31.4 Å². The number of aliphatic imine (C=N–C) groups is 1. The molecule has 0 aliphatic carbocycles. The average Bonchev–Trinajstić information content (AvgIpc) is 3.16. The number of hydrogen-bond donors (Lipinski definition) is 3. The number of aryl methyl sites for hydroxylation is 1. The highest BCUT2D eigenvalue weighted by Crippen LogP contribution is 2.08. The standard InChI is InChI=1S/C18H24N4O2/c1-3-14-7-4-5-8-15(14)13-22-18(19-2)21-11-10-20-17(23)16-9-6-12-24-16/h4-9,12H,3,10-11,13H2,1-2H3,(H,20,23)(H2,19,21,22). The van der Waals surface area contributed by atoms with Gasteiger partial charge < -0.3 is 20.4 Å². The molecule has 0 saturated heterocycles. The van der Waals surface area contributed by atoms with Gasteiger partial charge in [0.25, 0.3) is 5.91 Å². The molecule has 2 aromatic rings. The second-order valence-corrected chi connectivity index (χ2v) is 5.21. The molecule has 6 nitrogen and oxygen atoms in total. The minimum Gasteiger partial charge on any atom is -0.459 e. The molecule has 128 valence electrons. The van der Waals surface area contributed by atoms with E-state index in [9.17, 15) is 4.79 Å². The molecule has 1 amide bonds. The van der Waals surface area contributed by atoms with Gasteiger partial charge in [-0.05, 0) is 29.7 Å². The lowest BCUT2D eigenvalue weighted by Gasteiger charge is -2.14. The third-order valence-electron chi connectivity index (χ3n) is 3.62. The fraction of sp³-hybridized carbons (Fsp3) is 0.333. The fourth-order valence-electron chi connectivity index (χ4n) is 2.33. The number of hydrogen-bond acceptors (Lipinski definition) is 3. The van der Waals surface area contributed by atoms with Crippen molar-refractivity contribution in [2.24, 2.45) is 4.99 Å². The molecule has 0 radical (unpaired) electrons. The van der Waals surface area contributed by atoms with Gasteiger partial charge in [0.1, 0.15) is 0 Å². The van der Waals surface area contributed by atoms with Crippen molar-refractivity contribution < 1.29 is 9.21 Å². The summed E-state index contributed by atoms with van der Waals surface area (Å²) in [6.45, 7) is 3.91. The molecule has 1 heterocycles. The van der Waals surface area contributed by atoms with Gasteiger partial charge in [-0.25, -0.2) is 0 Å². The molecule has 0 unspecified atom stereocenters. The molecule has 24 heavy (non-hydrogen) atoms. The molecule has 6 heteroatoms. The summed E-state index contributed by atoms with van der Waals surface area (Å²) in [5.41, 5.74) is 2.58. The smallest absolute Gasteiger partial charge is 0.287 e. The van der Waals surface area contributed by atoms with Crippen molar-refractivity contribution in [3.05, 3.63) is 59.5 Å². The number of guanidine groups is 1. The Morgan fingerprint density at radius 3 is 2.46 bits per heavy atom. The Labute approximate surface area is 142 Å². The summed E-state index contributed by atoms with van der Waals surface area (Å²) in [6.07, 6.45) is 2.48. The number of carbonyl (C=O) groups is 1. The number of carbonyl (C=O) groups excluding carboxylic acids is 1. The molecule has 1 aromatic carbocycles. The monoisotopic (exact) mass is 328 g/mol. The van der Waals surface area contributed by atoms with Crippen molar-refractivity contribution in [3.8, 4) is 0 Å². The first-order valence-electron chi connectivity index (χ1n) is 8.07. The predicted molar refractivity (Wildman–Crippen MR) is 95.1 cm³/mol. The Hall–Kier alpha value is -2.76. The average molecular weight is 328 g/mol. The highest BCUT2D eigenvalue weighted by molar-refractivity contribution is 5.91. The van der Waals surface area contributed by atoms with Gasteiger partial charge in [0.05, 0.1) is 6.26 Å². The minimum absolute atomic E-state index is 0.221. The minimum atomic E-state index is -0.221. The third kappa shape index (κ3) is 5.15. The van der Waals surface area contributed by atoms with Crippen molar-refractivity contribution in [1.82, 2.24) is 16.0 Å². The van der Waals surface area contributed by atoms with Crippen molar-refractivity contribution in [2.45, 2.75) is 19.9 Å². The quantitative estimate of drug-likeness (QED) is 0.412. The van der Waals surface area contributed by atoms with Crippen LogP contribution in [0.25, 0.3) is 0 Å². The summed E-state index contributed by atoms with van der Waals surface area (Å²) in [4.78, 5) is 15.9. The zero-order valence-corrected chi connectivity index (χ0v) is 14.1. The first-order valence-corrected chi connectivity index (χ1v) is 8.07. The Morgan fingerprint density at radius 2 is 1.79 bits per heavy atom. The van der Waals surface area contributed by atoms with Crippen LogP contribution in [0.4, 0.5) is 0 Å². The van der Waals surface area contributed by atoms with Crippen LogP contribution in [0.15, 0.2) is 52.1 Å². The van der Waals surface area contributed by atoms with Crippen LogP contribution in [-0.4, -0.2) is 32.0 Å². The maximum absolute atomic E-state index is 11.7. The van der Waals surface area contributed by atoms with Crippen LogP contribution in [-0.2, 0) is 13.0 Å². The molecule has 2 rings (SSSR count). The van der Waals surface area contributed by atoms with Crippen molar-refractivity contribution in [2.75, 3.05) is 20.1 Å². The van der Waals surface area contributed by atoms with Crippen LogP contribution < -0.4 is 16.0 Å². The van der Waals surface area contributed by atoms with Crippen molar-refractivity contribution in [3.63, 3.8) is 0 Å². The Balaban J connectivity index is 1.72. The highest BCUT2D eigenvalue weighted by atomic mass is 16.3. The predicted octanol–water partition coefficient (Wildman–Crippen LogP) is 1.94. The maximum atomic E-state index is 11.7. The lowest BCUT2D eigenvalue weighted by atomic mass is 10.1. The number of furan rings is 1. The highest BCUT2D eigenvalue weighted by Gasteiger charge is 2.07. The lowest BCUT2D eigenvalue weighted by Crippen LogP contribution is -2.41. The van der Waals surface area contributed by atoms with Gasteiger partial charge in [0.2, 0.25) is 0 Å². The summed E-state index contributed by atoms with van der Waals surface area (Å²) in [5.74, 6) is 0.795. The van der Waals surface area contributed by atoms with E-state index < -0.39 is 0 Å². The van der Waals surface area contributed by atoms with Gasteiger partial charge in [0.15, 0.2) is 11.7 Å². The Morgan fingerprint density at radius 1 is 1.04 bits per heavy atom. The molecule has 0 saturated carbocycles. The molecule has 0 atom stereocenters. The molecule has 0 aliphatic heterocycles. The van der Waals surface area contributed by atoms with E-state index in [-0.39, 0.29) is 5.91 Å². The molecule has 0 spiro atoms. The van der Waals surface area contributed by atoms with Crippen LogP contribution in [0.2, 0.25) is 0 Å². The second-order valence-electron chi connectivity index (χ2n) is 5.21. The number of nitrogens with zero attached hydrogens (tertiary/aromatic N) is 1. The number of amides is 1. The Bertz CT molecular complexity index is 665. The fourth-order valence-corrected chi connectivity index (χ4v) is 2.33. The number of rotatable bonds is 7. The molecular weight excluding hydrogens is 304 g/mol. The second kappa shape index (κ2) is 9.39. The topological polar surface area (TPSA) is 78.7 Å². The van der Waals surface area contributed by atoms with Gasteiger partial charge in [-0.3, -0.25) is 9.79 Å². The van der Waals surface area contributed by atoms with Crippen LogP contribution >= 0.6 is 0 Å². The molecule has 0 bridgehead atoms. The van der Waals surface area contributed by atoms with E-state index in [2.05, 4.69) is 46.1 Å². The lowest BCUT2D eigenvalue weighted by molar-refractivity contribution is 0.0926. The maximum Gasteiger partial charge on any atom is 0.287 e. The third-order valence-corrected chi connectivity index (χ3v) is 3.62. The normalized spacial score (nSPS) is 11.2. The molecule has 3 N–H and O–H groups in total. The summed E-state index contributed by atoms with van der Waals surface area (Å²) >= 11 is 0. The molecular formula is C18H24N4O2. The van der Waals surface area contributed by atoms with Crippen LogP contribution in [0.5, 0.6) is 0 Å². The summed E-state index contributed by atoms with van der Waals surface area (Å²) in [6, 6.07) is 11.7. The van der Waals surface area contributed by atoms with E-state index >= 15 is 0 Å². The van der Waals surface area contributed by atoms with E-state index in [1.807, 2.05) is 6.07 Å². The van der Waals surface area contributed by atoms with Gasteiger partial charge in [-0.15, -0.1) is 0 Å².